The minimum Gasteiger partial charge on any atom is -0.496 e. The lowest BCUT2D eigenvalue weighted by Gasteiger charge is -2.20. The van der Waals surface area contributed by atoms with E-state index >= 15 is 0 Å². The first-order chi connectivity index (χ1) is 12.1. The first-order valence-electron chi connectivity index (χ1n) is 7.83. The van der Waals surface area contributed by atoms with Gasteiger partial charge in [0.25, 0.3) is 0 Å². The first-order valence-corrected chi connectivity index (χ1v) is 9.22. The van der Waals surface area contributed by atoms with Gasteiger partial charge in [0, 0.05) is 18.7 Å². The Labute approximate surface area is 160 Å². The van der Waals surface area contributed by atoms with E-state index in [0.29, 0.717) is 29.2 Å². The molecular weight excluding hydrogens is 387 g/mol. The van der Waals surface area contributed by atoms with Crippen molar-refractivity contribution in [1.82, 2.24) is 5.32 Å². The van der Waals surface area contributed by atoms with Gasteiger partial charge in [0.1, 0.15) is 11.5 Å². The Kier molecular flexibility index (Phi) is 8.69. The number of aryl methyl sites for hydroxylation is 1. The largest absolute Gasteiger partial charge is 0.496 e. The standard InChI is InChI=1S/C17H22F3NO3S2/c1-10(21-16(25)17(18,19)20)7-13-9-14(23-3)12(8-15(13)24-4)5-6-26-11(2)22/h8-10H,5-7H2,1-4H3,(H,21,25)/t10-/m1/s1. The summed E-state index contributed by atoms with van der Waals surface area (Å²) in [5.41, 5.74) is 1.57. The number of thioether (sulfide) groups is 1. The van der Waals surface area contributed by atoms with E-state index in [1.807, 2.05) is 0 Å². The van der Waals surface area contributed by atoms with E-state index in [-0.39, 0.29) is 11.5 Å². The Balaban J connectivity index is 2.94. The molecule has 1 aromatic rings. The Morgan fingerprint density at radius 1 is 1.23 bits per heavy atom. The monoisotopic (exact) mass is 409 g/mol. The molecule has 146 valence electrons. The molecule has 0 saturated heterocycles. The van der Waals surface area contributed by atoms with Gasteiger partial charge < -0.3 is 14.8 Å². The molecule has 0 spiro atoms. The van der Waals surface area contributed by atoms with Crippen molar-refractivity contribution in [1.29, 1.82) is 0 Å². The highest BCUT2D eigenvalue weighted by atomic mass is 32.2. The number of carbonyl (C=O) groups is 1. The van der Waals surface area contributed by atoms with Crippen LogP contribution in [-0.2, 0) is 17.6 Å². The zero-order chi connectivity index (χ0) is 19.9. The van der Waals surface area contributed by atoms with Gasteiger partial charge >= 0.3 is 6.18 Å². The second-order valence-corrected chi connectivity index (χ2v) is 7.32. The third-order valence-corrected chi connectivity index (χ3v) is 4.69. The molecule has 0 aliphatic carbocycles. The third-order valence-electron chi connectivity index (χ3n) is 3.52. The third kappa shape index (κ3) is 7.03. The van der Waals surface area contributed by atoms with E-state index in [2.05, 4.69) is 17.5 Å². The number of hydrogen-bond donors (Lipinski definition) is 1. The molecule has 1 N–H and O–H groups in total. The lowest BCUT2D eigenvalue weighted by atomic mass is 10.0. The molecule has 9 heteroatoms. The van der Waals surface area contributed by atoms with Crippen LogP contribution in [0.3, 0.4) is 0 Å². The van der Waals surface area contributed by atoms with Gasteiger partial charge in [0.2, 0.25) is 0 Å². The molecule has 1 atom stereocenters. The number of methoxy groups -OCH3 is 2. The maximum absolute atomic E-state index is 12.6. The van der Waals surface area contributed by atoms with Gasteiger partial charge in [-0.25, -0.2) is 0 Å². The van der Waals surface area contributed by atoms with E-state index in [4.69, 9.17) is 9.47 Å². The summed E-state index contributed by atoms with van der Waals surface area (Å²) in [6.45, 7) is 3.12. The molecule has 0 radical (unpaired) electrons. The molecule has 1 aromatic carbocycles. The smallest absolute Gasteiger partial charge is 0.441 e. The van der Waals surface area contributed by atoms with Crippen LogP contribution in [-0.4, -0.2) is 42.3 Å². The molecule has 4 nitrogen and oxygen atoms in total. The van der Waals surface area contributed by atoms with E-state index in [1.54, 1.807) is 19.1 Å². The molecule has 0 bridgehead atoms. The average Bonchev–Trinajstić information content (AvgIpc) is 2.54. The Morgan fingerprint density at radius 2 is 1.77 bits per heavy atom. The van der Waals surface area contributed by atoms with Crippen molar-refractivity contribution in [3.63, 3.8) is 0 Å². The lowest BCUT2D eigenvalue weighted by molar-refractivity contribution is -0.109. The maximum atomic E-state index is 12.6. The minimum atomic E-state index is -4.55. The highest BCUT2D eigenvalue weighted by Gasteiger charge is 2.34. The van der Waals surface area contributed by atoms with Crippen LogP contribution < -0.4 is 14.8 Å². The van der Waals surface area contributed by atoms with Gasteiger partial charge in [0.15, 0.2) is 10.1 Å². The van der Waals surface area contributed by atoms with Crippen LogP contribution in [0.5, 0.6) is 11.5 Å². The van der Waals surface area contributed by atoms with Gasteiger partial charge in [0.05, 0.1) is 14.2 Å². The summed E-state index contributed by atoms with van der Waals surface area (Å²) in [6.07, 6.45) is -3.67. The lowest BCUT2D eigenvalue weighted by Crippen LogP contribution is -2.41. The predicted molar refractivity (Wildman–Crippen MR) is 101 cm³/mol. The van der Waals surface area contributed by atoms with Gasteiger partial charge in [-0.1, -0.05) is 24.0 Å². The summed E-state index contributed by atoms with van der Waals surface area (Å²) in [6, 6.07) is 3.01. The number of carbonyl (C=O) groups excluding carboxylic acids is 1. The van der Waals surface area contributed by atoms with Crippen molar-refractivity contribution < 1.29 is 27.4 Å². The normalized spacial score (nSPS) is 12.4. The molecule has 0 aromatic heterocycles. The number of thiocarbonyl (C=S) groups is 1. The molecule has 1 rings (SSSR count). The van der Waals surface area contributed by atoms with Crippen LogP contribution in [0.2, 0.25) is 0 Å². The molecular formula is C17H22F3NO3S2. The summed E-state index contributed by atoms with van der Waals surface area (Å²) in [7, 11) is 3.02. The molecule has 0 heterocycles. The molecule has 0 fully saturated rings. The second-order valence-electron chi connectivity index (χ2n) is 5.64. The number of benzene rings is 1. The number of hydrogen-bond acceptors (Lipinski definition) is 5. The number of ether oxygens (including phenoxy) is 2. The van der Waals surface area contributed by atoms with Crippen molar-refractivity contribution in [3.8, 4) is 11.5 Å². The topological polar surface area (TPSA) is 47.6 Å². The van der Waals surface area contributed by atoms with E-state index in [9.17, 15) is 18.0 Å². The van der Waals surface area contributed by atoms with Crippen molar-refractivity contribution in [2.75, 3.05) is 20.0 Å². The maximum Gasteiger partial charge on any atom is 0.441 e. The van der Waals surface area contributed by atoms with Crippen LogP contribution in [0.25, 0.3) is 0 Å². The van der Waals surface area contributed by atoms with Crippen molar-refractivity contribution in [2.45, 2.75) is 38.9 Å². The van der Waals surface area contributed by atoms with Crippen molar-refractivity contribution in [3.05, 3.63) is 23.3 Å². The van der Waals surface area contributed by atoms with Gasteiger partial charge in [-0.2, -0.15) is 13.2 Å². The summed E-state index contributed by atoms with van der Waals surface area (Å²) < 4.78 is 48.5. The van der Waals surface area contributed by atoms with Crippen LogP contribution in [0.4, 0.5) is 13.2 Å². The van der Waals surface area contributed by atoms with Crippen LogP contribution >= 0.6 is 24.0 Å². The Bertz CT molecular complexity index is 651. The molecule has 0 saturated carbocycles. The van der Waals surface area contributed by atoms with Gasteiger partial charge in [-0.15, -0.1) is 0 Å². The van der Waals surface area contributed by atoms with Crippen LogP contribution in [0.15, 0.2) is 12.1 Å². The van der Waals surface area contributed by atoms with E-state index in [0.717, 1.165) is 5.56 Å². The fraction of sp³-hybridized carbons (Fsp3) is 0.529. The summed E-state index contributed by atoms with van der Waals surface area (Å²) in [5, 5.41) is 2.32. The molecule has 0 amide bonds. The van der Waals surface area contributed by atoms with Crippen molar-refractivity contribution >= 4 is 34.1 Å². The summed E-state index contributed by atoms with van der Waals surface area (Å²) in [5.74, 6) is 1.77. The van der Waals surface area contributed by atoms with Crippen LogP contribution in [0.1, 0.15) is 25.0 Å². The molecule has 0 aliphatic rings. The first kappa shape index (κ1) is 22.6. The Hall–Kier alpha value is -1.48. The minimum absolute atomic E-state index is 0.0353. The number of nitrogens with one attached hydrogen (secondary N) is 1. The molecule has 0 unspecified atom stereocenters. The zero-order valence-corrected chi connectivity index (χ0v) is 16.7. The number of rotatable bonds is 8. The Morgan fingerprint density at radius 3 is 2.27 bits per heavy atom. The highest BCUT2D eigenvalue weighted by Crippen LogP contribution is 2.31. The van der Waals surface area contributed by atoms with Gasteiger partial charge in [-0.3, -0.25) is 4.79 Å². The quantitative estimate of drug-likeness (QED) is 0.657. The zero-order valence-electron chi connectivity index (χ0n) is 15.0. The van der Waals surface area contributed by atoms with E-state index < -0.39 is 17.2 Å². The average molecular weight is 409 g/mol. The number of alkyl halides is 3. The van der Waals surface area contributed by atoms with Crippen LogP contribution in [0, 0.1) is 0 Å². The molecule has 26 heavy (non-hydrogen) atoms. The predicted octanol–water partition coefficient (Wildman–Crippen LogP) is 3.94. The fourth-order valence-electron chi connectivity index (χ4n) is 2.37. The van der Waals surface area contributed by atoms with E-state index in [1.165, 1.54) is 32.9 Å². The SMILES string of the molecule is COc1cc(C[C@@H](C)NC(=S)C(F)(F)F)c(OC)cc1CCSC(C)=O. The molecule has 0 aliphatic heterocycles. The highest BCUT2D eigenvalue weighted by molar-refractivity contribution is 8.13. The second kappa shape index (κ2) is 10.0. The number of halogens is 3. The van der Waals surface area contributed by atoms with Gasteiger partial charge in [-0.05, 0) is 43.0 Å². The van der Waals surface area contributed by atoms with Crippen molar-refractivity contribution in [2.24, 2.45) is 0 Å². The fourth-order valence-corrected chi connectivity index (χ4v) is 3.18. The summed E-state index contributed by atoms with van der Waals surface area (Å²) >= 11 is 5.58. The summed E-state index contributed by atoms with van der Waals surface area (Å²) in [4.78, 5) is 9.91.